The second-order valence-corrected chi connectivity index (χ2v) is 9.22. The van der Waals surface area contributed by atoms with Gasteiger partial charge >= 0.3 is 0 Å². The number of hydrogen-bond acceptors (Lipinski definition) is 2. The van der Waals surface area contributed by atoms with Crippen LogP contribution >= 0.6 is 11.6 Å². The molecule has 0 aliphatic rings. The van der Waals surface area contributed by atoms with Crippen LogP contribution in [0.1, 0.15) is 25.0 Å². The molecule has 0 atom stereocenters. The zero-order valence-corrected chi connectivity index (χ0v) is 16.3. The van der Waals surface area contributed by atoms with E-state index >= 15 is 0 Å². The monoisotopic (exact) mass is 394 g/mol. The predicted molar refractivity (Wildman–Crippen MR) is 103 cm³/mol. The molecule has 0 aliphatic carbocycles. The fraction of sp³-hybridized carbons (Fsp3) is 0.263. The molecule has 26 heavy (non-hydrogen) atoms. The molecular weight excluding hydrogens is 375 g/mol. The number of nitrogens with one attached hydrogen (secondary N) is 2. The number of hydrogen-bond donors (Lipinski definition) is 2. The average Bonchev–Trinajstić information content (AvgIpc) is 2.99. The Bertz CT molecular complexity index is 1070. The van der Waals surface area contributed by atoms with Crippen molar-refractivity contribution in [1.82, 2.24) is 9.71 Å². The Morgan fingerprint density at radius 3 is 2.62 bits per heavy atom. The number of aromatic nitrogens is 1. The minimum Gasteiger partial charge on any atom is -0.361 e. The van der Waals surface area contributed by atoms with Gasteiger partial charge in [-0.3, -0.25) is 0 Å². The van der Waals surface area contributed by atoms with Crippen LogP contribution in [-0.4, -0.2) is 19.9 Å². The van der Waals surface area contributed by atoms with Crippen molar-refractivity contribution in [2.45, 2.75) is 31.1 Å². The minimum absolute atomic E-state index is 0.0502. The van der Waals surface area contributed by atoms with E-state index in [2.05, 4.69) is 9.71 Å². The molecule has 4 nitrogen and oxygen atoms in total. The topological polar surface area (TPSA) is 62.0 Å². The van der Waals surface area contributed by atoms with Crippen molar-refractivity contribution in [3.63, 3.8) is 0 Å². The molecule has 2 aromatic carbocycles. The number of H-pyrrole nitrogens is 1. The van der Waals surface area contributed by atoms with Gasteiger partial charge in [-0.2, -0.15) is 0 Å². The summed E-state index contributed by atoms with van der Waals surface area (Å²) in [6.45, 7) is 5.63. The highest BCUT2D eigenvalue weighted by molar-refractivity contribution is 7.89. The average molecular weight is 395 g/mol. The van der Waals surface area contributed by atoms with Crippen LogP contribution in [-0.2, 0) is 15.4 Å². The number of aryl methyl sites for hydroxylation is 1. The standard InChI is InChI=1S/C19H20ClFN2O2S/c1-12-8-14(5-6-17(12)21)26(24,25)23-11-19(2,3)16-10-22-18-7-4-13(20)9-15(16)18/h4-10,22-23H,11H2,1-3H3. The molecule has 3 aromatic rings. The lowest BCUT2D eigenvalue weighted by molar-refractivity contribution is 0.504. The summed E-state index contributed by atoms with van der Waals surface area (Å²) in [6.07, 6.45) is 1.87. The van der Waals surface area contributed by atoms with Gasteiger partial charge in [0.25, 0.3) is 0 Å². The van der Waals surface area contributed by atoms with Gasteiger partial charge in [0.15, 0.2) is 0 Å². The number of benzene rings is 2. The van der Waals surface area contributed by atoms with Gasteiger partial charge < -0.3 is 4.98 Å². The maximum absolute atomic E-state index is 13.4. The molecule has 7 heteroatoms. The highest BCUT2D eigenvalue weighted by Gasteiger charge is 2.27. The maximum atomic E-state index is 13.4. The van der Waals surface area contributed by atoms with E-state index in [1.165, 1.54) is 19.1 Å². The molecule has 138 valence electrons. The molecular formula is C19H20ClFN2O2S. The van der Waals surface area contributed by atoms with Crippen molar-refractivity contribution in [3.05, 3.63) is 64.6 Å². The van der Waals surface area contributed by atoms with E-state index in [4.69, 9.17) is 11.6 Å². The van der Waals surface area contributed by atoms with Gasteiger partial charge in [0.2, 0.25) is 10.0 Å². The summed E-state index contributed by atoms with van der Waals surface area (Å²) in [5.41, 5.74) is 1.71. The summed E-state index contributed by atoms with van der Waals surface area (Å²) in [6, 6.07) is 9.32. The van der Waals surface area contributed by atoms with Crippen LogP contribution in [0.25, 0.3) is 10.9 Å². The summed E-state index contributed by atoms with van der Waals surface area (Å²) in [7, 11) is -3.74. The molecule has 0 fully saturated rings. The van der Waals surface area contributed by atoms with Gasteiger partial charge in [0.1, 0.15) is 5.82 Å². The van der Waals surface area contributed by atoms with Crippen molar-refractivity contribution >= 4 is 32.5 Å². The maximum Gasteiger partial charge on any atom is 0.240 e. The molecule has 1 aromatic heterocycles. The van der Waals surface area contributed by atoms with Crippen LogP contribution in [0.3, 0.4) is 0 Å². The van der Waals surface area contributed by atoms with E-state index in [0.29, 0.717) is 10.6 Å². The molecule has 0 bridgehead atoms. The largest absolute Gasteiger partial charge is 0.361 e. The Balaban J connectivity index is 1.87. The predicted octanol–water partition coefficient (Wildman–Crippen LogP) is 4.52. The van der Waals surface area contributed by atoms with Crippen molar-refractivity contribution in [2.75, 3.05) is 6.54 Å². The Morgan fingerprint density at radius 1 is 1.19 bits per heavy atom. The number of fused-ring (bicyclic) bond motifs is 1. The van der Waals surface area contributed by atoms with E-state index in [-0.39, 0.29) is 11.4 Å². The van der Waals surface area contributed by atoms with Crippen LogP contribution in [0.5, 0.6) is 0 Å². The van der Waals surface area contributed by atoms with E-state index < -0.39 is 21.3 Å². The zero-order valence-electron chi connectivity index (χ0n) is 14.7. The van der Waals surface area contributed by atoms with Gasteiger partial charge in [-0.1, -0.05) is 25.4 Å². The lowest BCUT2D eigenvalue weighted by Crippen LogP contribution is -2.36. The SMILES string of the molecule is Cc1cc(S(=O)(=O)NCC(C)(C)c2c[nH]c3ccc(Cl)cc23)ccc1F. The van der Waals surface area contributed by atoms with Gasteiger partial charge in [0.05, 0.1) is 4.90 Å². The minimum atomic E-state index is -3.74. The number of halogens is 2. The number of aromatic amines is 1. The summed E-state index contributed by atoms with van der Waals surface area (Å²) in [5.74, 6) is -0.431. The Labute approximate surface area is 157 Å². The highest BCUT2D eigenvalue weighted by atomic mass is 35.5. The molecule has 0 radical (unpaired) electrons. The highest BCUT2D eigenvalue weighted by Crippen LogP contribution is 2.32. The third-order valence-electron chi connectivity index (χ3n) is 4.52. The number of rotatable bonds is 5. The zero-order chi connectivity index (χ0) is 19.1. The number of sulfonamides is 1. The van der Waals surface area contributed by atoms with Crippen molar-refractivity contribution in [3.8, 4) is 0 Å². The quantitative estimate of drug-likeness (QED) is 0.668. The van der Waals surface area contributed by atoms with E-state index in [0.717, 1.165) is 22.5 Å². The first-order valence-electron chi connectivity index (χ1n) is 8.13. The fourth-order valence-electron chi connectivity index (χ4n) is 2.89. The van der Waals surface area contributed by atoms with Gasteiger partial charge in [-0.05, 0) is 54.4 Å². The third-order valence-corrected chi connectivity index (χ3v) is 6.15. The molecule has 0 aliphatic heterocycles. The molecule has 0 saturated heterocycles. The summed E-state index contributed by atoms with van der Waals surface area (Å²) < 4.78 is 41.2. The van der Waals surface area contributed by atoms with Gasteiger partial charge in [-0.25, -0.2) is 17.5 Å². The van der Waals surface area contributed by atoms with Crippen LogP contribution < -0.4 is 4.72 Å². The molecule has 0 amide bonds. The second kappa shape index (κ2) is 6.68. The van der Waals surface area contributed by atoms with Crippen LogP contribution in [0.4, 0.5) is 4.39 Å². The van der Waals surface area contributed by atoms with Crippen molar-refractivity contribution in [2.24, 2.45) is 0 Å². The molecule has 3 rings (SSSR count). The molecule has 0 spiro atoms. The Hall–Kier alpha value is -1.89. The molecule has 0 unspecified atom stereocenters. The second-order valence-electron chi connectivity index (χ2n) is 7.01. The Morgan fingerprint density at radius 2 is 1.92 bits per heavy atom. The summed E-state index contributed by atoms with van der Waals surface area (Å²) in [4.78, 5) is 3.24. The van der Waals surface area contributed by atoms with Crippen LogP contribution in [0, 0.1) is 12.7 Å². The third kappa shape index (κ3) is 3.63. The lowest BCUT2D eigenvalue weighted by Gasteiger charge is -2.25. The van der Waals surface area contributed by atoms with E-state index in [9.17, 15) is 12.8 Å². The van der Waals surface area contributed by atoms with Gasteiger partial charge in [-0.15, -0.1) is 0 Å². The fourth-order valence-corrected chi connectivity index (χ4v) is 4.36. The van der Waals surface area contributed by atoms with Crippen LogP contribution in [0.2, 0.25) is 5.02 Å². The first kappa shape index (κ1) is 18.9. The smallest absolute Gasteiger partial charge is 0.240 e. The first-order valence-corrected chi connectivity index (χ1v) is 9.99. The van der Waals surface area contributed by atoms with E-state index in [1.54, 1.807) is 6.07 Å². The summed E-state index contributed by atoms with van der Waals surface area (Å²) >= 11 is 6.10. The van der Waals surface area contributed by atoms with Crippen molar-refractivity contribution < 1.29 is 12.8 Å². The normalized spacial score (nSPS) is 12.7. The first-order chi connectivity index (χ1) is 12.1. The van der Waals surface area contributed by atoms with E-state index in [1.807, 2.05) is 32.2 Å². The molecule has 0 saturated carbocycles. The lowest BCUT2D eigenvalue weighted by atomic mass is 9.85. The Kier molecular flexibility index (Phi) is 4.86. The van der Waals surface area contributed by atoms with Crippen LogP contribution in [0.15, 0.2) is 47.5 Å². The molecule has 1 heterocycles. The van der Waals surface area contributed by atoms with Crippen molar-refractivity contribution in [1.29, 1.82) is 0 Å². The van der Waals surface area contributed by atoms with Gasteiger partial charge in [0, 0.05) is 34.1 Å². The summed E-state index contributed by atoms with van der Waals surface area (Å²) in [5, 5.41) is 1.58. The molecule has 2 N–H and O–H groups in total.